The van der Waals surface area contributed by atoms with Gasteiger partial charge in [0.05, 0.1) is 24.9 Å². The van der Waals surface area contributed by atoms with Gasteiger partial charge in [0.15, 0.2) is 0 Å². The fourth-order valence-electron chi connectivity index (χ4n) is 1.57. The summed E-state index contributed by atoms with van der Waals surface area (Å²) in [5, 5.41) is 0. The molecule has 0 amide bonds. The van der Waals surface area contributed by atoms with E-state index in [2.05, 4.69) is 6.92 Å². The van der Waals surface area contributed by atoms with Crippen LogP contribution in [0.15, 0.2) is 0 Å². The van der Waals surface area contributed by atoms with E-state index in [1.807, 2.05) is 0 Å². The lowest BCUT2D eigenvalue weighted by atomic mass is 9.98. The van der Waals surface area contributed by atoms with Gasteiger partial charge in [-0.1, -0.05) is 19.8 Å². The zero-order valence-corrected chi connectivity index (χ0v) is 7.14. The van der Waals surface area contributed by atoms with Crippen molar-refractivity contribution < 1.29 is 9.47 Å². The Morgan fingerprint density at radius 2 is 2.27 bits per heavy atom. The van der Waals surface area contributed by atoms with Crippen LogP contribution in [0.5, 0.6) is 0 Å². The quantitative estimate of drug-likeness (QED) is 0.566. The summed E-state index contributed by atoms with van der Waals surface area (Å²) in [4.78, 5) is 0. The fraction of sp³-hybridized carbons (Fsp3) is 1.00. The van der Waals surface area contributed by atoms with Gasteiger partial charge < -0.3 is 9.47 Å². The molecule has 2 rings (SSSR count). The molecule has 0 saturated carbocycles. The molecule has 2 heterocycles. The first-order valence-corrected chi connectivity index (χ1v) is 4.60. The first-order valence-electron chi connectivity index (χ1n) is 4.60. The van der Waals surface area contributed by atoms with Gasteiger partial charge in [-0.3, -0.25) is 0 Å². The normalized spacial score (nSPS) is 40.6. The van der Waals surface area contributed by atoms with Crippen molar-refractivity contribution >= 4 is 0 Å². The van der Waals surface area contributed by atoms with Crippen LogP contribution in [-0.4, -0.2) is 24.9 Å². The highest BCUT2D eigenvalue weighted by atomic mass is 16.6. The van der Waals surface area contributed by atoms with Crippen LogP contribution in [0, 0.1) is 0 Å². The maximum atomic E-state index is 5.47. The lowest BCUT2D eigenvalue weighted by Crippen LogP contribution is -2.13. The van der Waals surface area contributed by atoms with Gasteiger partial charge in [-0.05, 0) is 6.42 Å². The van der Waals surface area contributed by atoms with E-state index in [1.165, 1.54) is 19.3 Å². The first kappa shape index (κ1) is 7.56. The molecule has 2 heteroatoms. The smallest absolute Gasteiger partial charge is 0.0942 e. The average molecular weight is 156 g/mol. The summed E-state index contributed by atoms with van der Waals surface area (Å²) in [6.45, 7) is 4.17. The van der Waals surface area contributed by atoms with E-state index in [0.717, 1.165) is 19.6 Å². The van der Waals surface area contributed by atoms with Gasteiger partial charge in [-0.25, -0.2) is 0 Å². The Morgan fingerprint density at radius 3 is 2.73 bits per heavy atom. The predicted molar refractivity (Wildman–Crippen MR) is 42.6 cm³/mol. The molecule has 0 aromatic heterocycles. The number of rotatable bonds is 5. The van der Waals surface area contributed by atoms with Gasteiger partial charge in [0.1, 0.15) is 0 Å². The van der Waals surface area contributed by atoms with Crippen LogP contribution in [0.25, 0.3) is 0 Å². The number of unbranched alkanes of at least 4 members (excludes halogenated alkanes) is 1. The Labute approximate surface area is 67.9 Å². The van der Waals surface area contributed by atoms with Crippen molar-refractivity contribution in [2.45, 2.75) is 44.3 Å². The summed E-state index contributed by atoms with van der Waals surface area (Å²) in [5.41, 5.74) is 0.261. The molecule has 2 nitrogen and oxygen atoms in total. The lowest BCUT2D eigenvalue weighted by molar-refractivity contribution is 0.244. The van der Waals surface area contributed by atoms with Crippen LogP contribution < -0.4 is 0 Å². The van der Waals surface area contributed by atoms with Crippen LogP contribution in [0.3, 0.4) is 0 Å². The molecule has 2 aliphatic rings. The summed E-state index contributed by atoms with van der Waals surface area (Å²) in [5.74, 6) is 0. The maximum Gasteiger partial charge on any atom is 0.0942 e. The number of hydrogen-bond donors (Lipinski definition) is 0. The molecule has 64 valence electrons. The first-order chi connectivity index (χ1) is 5.35. The Bertz CT molecular complexity index is 136. The van der Waals surface area contributed by atoms with Gasteiger partial charge >= 0.3 is 0 Å². The average Bonchev–Trinajstić information content (AvgIpc) is 2.86. The van der Waals surface area contributed by atoms with Crippen LogP contribution in [-0.2, 0) is 9.47 Å². The zero-order chi connectivity index (χ0) is 7.73. The minimum atomic E-state index is 0.261. The Balaban J connectivity index is 1.70. The highest BCUT2D eigenvalue weighted by Crippen LogP contribution is 2.40. The van der Waals surface area contributed by atoms with Crippen molar-refractivity contribution in [2.24, 2.45) is 0 Å². The summed E-state index contributed by atoms with van der Waals surface area (Å²) in [6, 6.07) is 0. The lowest BCUT2D eigenvalue weighted by Gasteiger charge is -2.07. The fourth-order valence-corrected chi connectivity index (χ4v) is 1.57. The number of epoxide rings is 2. The summed E-state index contributed by atoms with van der Waals surface area (Å²) < 4.78 is 10.7. The molecule has 11 heavy (non-hydrogen) atoms. The standard InChI is InChI=1S/C9H16O2/c1-2-3-4-9(7-11-9)5-8-6-10-8/h8H,2-7H2,1H3. The van der Waals surface area contributed by atoms with E-state index in [-0.39, 0.29) is 5.60 Å². The van der Waals surface area contributed by atoms with E-state index >= 15 is 0 Å². The van der Waals surface area contributed by atoms with Gasteiger partial charge in [-0.15, -0.1) is 0 Å². The molecule has 0 aromatic carbocycles. The second-order valence-electron chi connectivity index (χ2n) is 3.73. The zero-order valence-electron chi connectivity index (χ0n) is 7.14. The van der Waals surface area contributed by atoms with Crippen molar-refractivity contribution in [3.8, 4) is 0 Å². The van der Waals surface area contributed by atoms with Crippen molar-refractivity contribution in [1.82, 2.24) is 0 Å². The second kappa shape index (κ2) is 2.76. The minimum Gasteiger partial charge on any atom is -0.373 e. The van der Waals surface area contributed by atoms with Gasteiger partial charge in [0.2, 0.25) is 0 Å². The summed E-state index contributed by atoms with van der Waals surface area (Å²) in [6.07, 6.45) is 5.49. The van der Waals surface area contributed by atoms with Crippen molar-refractivity contribution in [3.05, 3.63) is 0 Å². The van der Waals surface area contributed by atoms with Gasteiger partial charge in [0.25, 0.3) is 0 Å². The highest BCUT2D eigenvalue weighted by molar-refractivity contribution is 4.96. The second-order valence-corrected chi connectivity index (χ2v) is 3.73. The molecular weight excluding hydrogens is 140 g/mol. The van der Waals surface area contributed by atoms with Gasteiger partial charge in [-0.2, -0.15) is 0 Å². The maximum absolute atomic E-state index is 5.47. The molecule has 2 unspecified atom stereocenters. The monoisotopic (exact) mass is 156 g/mol. The topological polar surface area (TPSA) is 25.1 Å². The molecule has 0 N–H and O–H groups in total. The van der Waals surface area contributed by atoms with E-state index in [0.29, 0.717) is 6.10 Å². The number of ether oxygens (including phenoxy) is 2. The van der Waals surface area contributed by atoms with E-state index in [9.17, 15) is 0 Å². The number of hydrogen-bond acceptors (Lipinski definition) is 2. The largest absolute Gasteiger partial charge is 0.373 e. The molecule has 2 fully saturated rings. The third kappa shape index (κ3) is 1.94. The minimum absolute atomic E-state index is 0.261. The molecule has 0 aliphatic carbocycles. The van der Waals surface area contributed by atoms with E-state index < -0.39 is 0 Å². The van der Waals surface area contributed by atoms with Gasteiger partial charge in [0, 0.05) is 6.42 Å². The summed E-state index contributed by atoms with van der Waals surface area (Å²) in [7, 11) is 0. The molecule has 2 saturated heterocycles. The molecule has 2 atom stereocenters. The third-order valence-electron chi connectivity index (χ3n) is 2.54. The molecule has 0 bridgehead atoms. The predicted octanol–water partition coefficient (Wildman–Crippen LogP) is 1.73. The van der Waals surface area contributed by atoms with E-state index in [4.69, 9.17) is 9.47 Å². The molecular formula is C9H16O2. The Morgan fingerprint density at radius 1 is 1.55 bits per heavy atom. The van der Waals surface area contributed by atoms with Crippen LogP contribution in [0.2, 0.25) is 0 Å². The van der Waals surface area contributed by atoms with Crippen LogP contribution >= 0.6 is 0 Å². The van der Waals surface area contributed by atoms with E-state index in [1.54, 1.807) is 0 Å². The van der Waals surface area contributed by atoms with Crippen molar-refractivity contribution in [3.63, 3.8) is 0 Å². The molecule has 0 aromatic rings. The molecule has 0 radical (unpaired) electrons. The van der Waals surface area contributed by atoms with Crippen molar-refractivity contribution in [2.75, 3.05) is 13.2 Å². The SMILES string of the molecule is CCCCC1(CC2CO2)CO1. The molecule has 2 aliphatic heterocycles. The van der Waals surface area contributed by atoms with Crippen LogP contribution in [0.4, 0.5) is 0 Å². The molecule has 0 spiro atoms. The summed E-state index contributed by atoms with van der Waals surface area (Å²) >= 11 is 0. The van der Waals surface area contributed by atoms with Crippen LogP contribution in [0.1, 0.15) is 32.6 Å². The Kier molecular flexibility index (Phi) is 1.90. The third-order valence-corrected chi connectivity index (χ3v) is 2.54. The van der Waals surface area contributed by atoms with Crippen molar-refractivity contribution in [1.29, 1.82) is 0 Å². The highest BCUT2D eigenvalue weighted by Gasteiger charge is 2.48. The Hall–Kier alpha value is -0.0800.